The molecule has 1 aliphatic carbocycles. The van der Waals surface area contributed by atoms with Crippen molar-refractivity contribution < 1.29 is 9.59 Å². The first-order valence-electron chi connectivity index (χ1n) is 9.04. The van der Waals surface area contributed by atoms with E-state index in [-0.39, 0.29) is 24.5 Å². The second-order valence-electron chi connectivity index (χ2n) is 6.74. The van der Waals surface area contributed by atoms with Gasteiger partial charge in [-0.2, -0.15) is 0 Å². The Labute approximate surface area is 143 Å². The summed E-state index contributed by atoms with van der Waals surface area (Å²) in [6.07, 6.45) is 7.63. The van der Waals surface area contributed by atoms with E-state index in [0.29, 0.717) is 11.6 Å². The Bertz CT molecular complexity index is 715. The van der Waals surface area contributed by atoms with Crippen LogP contribution in [-0.2, 0) is 4.79 Å². The average Bonchev–Trinajstić information content (AvgIpc) is 2.88. The molecule has 0 unspecified atom stereocenters. The molecule has 3 nitrogen and oxygen atoms in total. The van der Waals surface area contributed by atoms with Crippen LogP contribution in [0.2, 0.25) is 0 Å². The molecule has 0 heterocycles. The number of amides is 1. The Balaban J connectivity index is 1.53. The van der Waals surface area contributed by atoms with Crippen LogP contribution >= 0.6 is 0 Å². The highest BCUT2D eigenvalue weighted by Gasteiger charge is 2.16. The van der Waals surface area contributed by atoms with Gasteiger partial charge < -0.3 is 5.32 Å². The van der Waals surface area contributed by atoms with Gasteiger partial charge >= 0.3 is 0 Å². The number of ketones is 1. The Morgan fingerprint density at radius 2 is 1.58 bits per heavy atom. The van der Waals surface area contributed by atoms with Crippen LogP contribution < -0.4 is 5.32 Å². The van der Waals surface area contributed by atoms with Crippen LogP contribution in [0.25, 0.3) is 10.8 Å². The van der Waals surface area contributed by atoms with Gasteiger partial charge in [-0.1, -0.05) is 62.1 Å². The second-order valence-corrected chi connectivity index (χ2v) is 6.74. The molecule has 0 radical (unpaired) electrons. The summed E-state index contributed by atoms with van der Waals surface area (Å²) in [4.78, 5) is 24.5. The number of rotatable bonds is 5. The largest absolute Gasteiger partial charge is 0.353 e. The molecule has 0 aliphatic heterocycles. The molecule has 0 atom stereocenters. The maximum atomic E-state index is 12.4. The number of nitrogens with one attached hydrogen (secondary N) is 1. The quantitative estimate of drug-likeness (QED) is 0.643. The van der Waals surface area contributed by atoms with Gasteiger partial charge in [0, 0.05) is 24.4 Å². The number of Topliss-reactive ketones (excluding diaryl/α,β-unsaturated/α-hetero) is 1. The average molecular weight is 323 g/mol. The van der Waals surface area contributed by atoms with Crippen molar-refractivity contribution in [3.05, 3.63) is 48.0 Å². The van der Waals surface area contributed by atoms with E-state index in [1.807, 2.05) is 42.5 Å². The van der Waals surface area contributed by atoms with Crippen molar-refractivity contribution >= 4 is 22.5 Å². The molecule has 3 rings (SSSR count). The Kier molecular flexibility index (Phi) is 5.63. The lowest BCUT2D eigenvalue weighted by atomic mass is 10.0. The van der Waals surface area contributed by atoms with Gasteiger partial charge in [0.15, 0.2) is 5.78 Å². The standard InChI is InChI=1S/C21H25NO2/c23-20(18-12-11-16-7-5-6-8-17(16)15-18)13-14-21(24)22-19-9-3-1-2-4-10-19/h5-8,11-12,15,19H,1-4,9-10,13-14H2,(H,22,24). The lowest BCUT2D eigenvalue weighted by Crippen LogP contribution is -2.34. The van der Waals surface area contributed by atoms with Crippen LogP contribution in [0.15, 0.2) is 42.5 Å². The molecule has 1 fully saturated rings. The minimum atomic E-state index is 0.0102. The minimum Gasteiger partial charge on any atom is -0.353 e. The third-order valence-electron chi connectivity index (χ3n) is 4.87. The maximum absolute atomic E-state index is 12.4. The maximum Gasteiger partial charge on any atom is 0.220 e. The van der Waals surface area contributed by atoms with Gasteiger partial charge in [0.25, 0.3) is 0 Å². The summed E-state index contributed by atoms with van der Waals surface area (Å²) in [7, 11) is 0. The number of hydrogen-bond acceptors (Lipinski definition) is 2. The summed E-state index contributed by atoms with van der Waals surface area (Å²) >= 11 is 0. The molecule has 126 valence electrons. The zero-order valence-electron chi connectivity index (χ0n) is 14.1. The van der Waals surface area contributed by atoms with Gasteiger partial charge in [0.2, 0.25) is 5.91 Å². The van der Waals surface area contributed by atoms with Crippen molar-refractivity contribution in [2.24, 2.45) is 0 Å². The van der Waals surface area contributed by atoms with E-state index >= 15 is 0 Å². The summed E-state index contributed by atoms with van der Waals surface area (Å²) in [5, 5.41) is 5.29. The fourth-order valence-electron chi connectivity index (χ4n) is 3.46. The predicted octanol–water partition coefficient (Wildman–Crippen LogP) is 4.64. The molecule has 2 aromatic carbocycles. The smallest absolute Gasteiger partial charge is 0.220 e. The first kappa shape index (κ1) is 16.7. The van der Waals surface area contributed by atoms with Gasteiger partial charge in [-0.25, -0.2) is 0 Å². The molecule has 2 aromatic rings. The first-order valence-corrected chi connectivity index (χ1v) is 9.04. The third-order valence-corrected chi connectivity index (χ3v) is 4.87. The van der Waals surface area contributed by atoms with Gasteiger partial charge in [0.05, 0.1) is 0 Å². The fourth-order valence-corrected chi connectivity index (χ4v) is 3.46. The molecule has 1 N–H and O–H groups in total. The normalized spacial score (nSPS) is 15.8. The third kappa shape index (κ3) is 4.44. The van der Waals surface area contributed by atoms with Crippen LogP contribution in [-0.4, -0.2) is 17.7 Å². The topological polar surface area (TPSA) is 46.2 Å². The van der Waals surface area contributed by atoms with Crippen LogP contribution in [0.1, 0.15) is 61.7 Å². The Hall–Kier alpha value is -2.16. The van der Waals surface area contributed by atoms with Crippen molar-refractivity contribution in [1.82, 2.24) is 5.32 Å². The highest BCUT2D eigenvalue weighted by atomic mass is 16.2. The Morgan fingerprint density at radius 3 is 2.33 bits per heavy atom. The second kappa shape index (κ2) is 8.09. The van der Waals surface area contributed by atoms with Crippen LogP contribution in [0.4, 0.5) is 0 Å². The molecule has 3 heteroatoms. The van der Waals surface area contributed by atoms with Crippen LogP contribution in [0.5, 0.6) is 0 Å². The summed E-state index contributed by atoms with van der Waals surface area (Å²) in [5.41, 5.74) is 0.691. The van der Waals surface area contributed by atoms with E-state index in [9.17, 15) is 9.59 Å². The minimum absolute atomic E-state index is 0.0102. The van der Waals surface area contributed by atoms with E-state index in [0.717, 1.165) is 23.6 Å². The fraction of sp³-hybridized carbons (Fsp3) is 0.429. The zero-order valence-corrected chi connectivity index (χ0v) is 14.1. The van der Waals surface area contributed by atoms with Crippen molar-refractivity contribution in [1.29, 1.82) is 0 Å². The molecular weight excluding hydrogens is 298 g/mol. The molecule has 0 bridgehead atoms. The van der Waals surface area contributed by atoms with Gasteiger partial charge in [-0.3, -0.25) is 9.59 Å². The summed E-state index contributed by atoms with van der Waals surface area (Å²) in [5.74, 6) is 0.0489. The van der Waals surface area contributed by atoms with Gasteiger partial charge in [-0.05, 0) is 29.7 Å². The van der Waals surface area contributed by atoms with E-state index < -0.39 is 0 Å². The van der Waals surface area contributed by atoms with Crippen molar-refractivity contribution in [2.75, 3.05) is 0 Å². The number of carbonyl (C=O) groups excluding carboxylic acids is 2. The molecule has 0 spiro atoms. The van der Waals surface area contributed by atoms with Crippen molar-refractivity contribution in [2.45, 2.75) is 57.4 Å². The lowest BCUT2D eigenvalue weighted by Gasteiger charge is -2.16. The summed E-state index contributed by atoms with van der Waals surface area (Å²) < 4.78 is 0. The molecule has 1 amide bonds. The van der Waals surface area contributed by atoms with Crippen molar-refractivity contribution in [3.63, 3.8) is 0 Å². The number of hydrogen-bond donors (Lipinski definition) is 1. The molecule has 1 saturated carbocycles. The van der Waals surface area contributed by atoms with E-state index in [1.54, 1.807) is 0 Å². The molecule has 0 saturated heterocycles. The summed E-state index contributed by atoms with van der Waals surface area (Å²) in [6.45, 7) is 0. The number of fused-ring (bicyclic) bond motifs is 1. The highest BCUT2D eigenvalue weighted by molar-refractivity contribution is 6.01. The van der Waals surface area contributed by atoms with E-state index in [1.165, 1.54) is 25.7 Å². The molecule has 24 heavy (non-hydrogen) atoms. The number of benzene rings is 2. The monoisotopic (exact) mass is 323 g/mol. The lowest BCUT2D eigenvalue weighted by molar-refractivity contribution is -0.121. The SMILES string of the molecule is O=C(CCC(=O)c1ccc2ccccc2c1)NC1CCCCCC1. The van der Waals surface area contributed by atoms with E-state index in [4.69, 9.17) is 0 Å². The molecule has 0 aromatic heterocycles. The zero-order chi connectivity index (χ0) is 16.8. The molecule has 1 aliphatic rings. The van der Waals surface area contributed by atoms with Crippen molar-refractivity contribution in [3.8, 4) is 0 Å². The van der Waals surface area contributed by atoms with Crippen LogP contribution in [0.3, 0.4) is 0 Å². The highest BCUT2D eigenvalue weighted by Crippen LogP contribution is 2.18. The molecular formula is C21H25NO2. The van der Waals surface area contributed by atoms with Gasteiger partial charge in [0.1, 0.15) is 0 Å². The van der Waals surface area contributed by atoms with E-state index in [2.05, 4.69) is 5.32 Å². The van der Waals surface area contributed by atoms with Gasteiger partial charge in [-0.15, -0.1) is 0 Å². The van der Waals surface area contributed by atoms with Crippen LogP contribution in [0, 0.1) is 0 Å². The Morgan fingerprint density at radius 1 is 0.875 bits per heavy atom. The first-order chi connectivity index (χ1) is 11.7. The number of carbonyl (C=O) groups is 2. The predicted molar refractivity (Wildman–Crippen MR) is 97.1 cm³/mol. The summed E-state index contributed by atoms with van der Waals surface area (Å²) in [6, 6.07) is 14.0.